The molecule has 0 aromatic carbocycles. The summed E-state index contributed by atoms with van der Waals surface area (Å²) >= 11 is 1.62. The lowest BCUT2D eigenvalue weighted by molar-refractivity contribution is 0.0376. The number of hydrogen-bond donors (Lipinski definition) is 2. The number of hydrogen-bond acceptors (Lipinski definition) is 5. The van der Waals surface area contributed by atoms with Crippen LogP contribution in [0.3, 0.4) is 0 Å². The molecule has 21 heavy (non-hydrogen) atoms. The number of nitrogens with zero attached hydrogens (tertiary/aromatic N) is 3. The van der Waals surface area contributed by atoms with Crippen LogP contribution >= 0.6 is 35.3 Å². The highest BCUT2D eigenvalue weighted by molar-refractivity contribution is 14.0. The second-order valence-corrected chi connectivity index (χ2v) is 5.76. The van der Waals surface area contributed by atoms with Gasteiger partial charge in [-0.25, -0.2) is 9.98 Å². The van der Waals surface area contributed by atoms with Gasteiger partial charge >= 0.3 is 0 Å². The van der Waals surface area contributed by atoms with Crippen molar-refractivity contribution in [3.05, 3.63) is 16.1 Å². The van der Waals surface area contributed by atoms with Crippen molar-refractivity contribution in [2.45, 2.75) is 19.9 Å². The number of rotatable bonds is 6. The van der Waals surface area contributed by atoms with Gasteiger partial charge in [0, 0.05) is 30.7 Å². The molecule has 1 fully saturated rings. The first-order chi connectivity index (χ1) is 9.74. The third kappa shape index (κ3) is 7.39. The number of halogens is 1. The number of aryl methyl sites for hydroxylation is 1. The Morgan fingerprint density at radius 1 is 1.52 bits per heavy atom. The maximum atomic E-state index is 5.83. The van der Waals surface area contributed by atoms with E-state index in [0.717, 1.165) is 56.5 Å². The number of nitrogens with two attached hydrogens (primary N) is 1. The molecule has 0 unspecified atom stereocenters. The molecule has 1 aromatic heterocycles. The molecule has 1 aliphatic rings. The van der Waals surface area contributed by atoms with E-state index in [-0.39, 0.29) is 24.0 Å². The molecular formula is C13H24IN5OS. The molecule has 1 aromatic rings. The lowest BCUT2D eigenvalue weighted by atomic mass is 10.3. The minimum atomic E-state index is 0. The predicted octanol–water partition coefficient (Wildman–Crippen LogP) is 1.20. The van der Waals surface area contributed by atoms with Crippen LogP contribution in [0.15, 0.2) is 10.4 Å². The molecule has 3 N–H and O–H groups in total. The van der Waals surface area contributed by atoms with Crippen molar-refractivity contribution in [2.24, 2.45) is 10.7 Å². The Bertz CT molecular complexity index is 434. The van der Waals surface area contributed by atoms with Gasteiger partial charge in [0.05, 0.1) is 19.8 Å². The Morgan fingerprint density at radius 3 is 2.95 bits per heavy atom. The van der Waals surface area contributed by atoms with E-state index in [4.69, 9.17) is 10.5 Å². The SMILES string of the molecule is Cc1csc(CN=C(N)NCCCN2CCOCC2)n1.I. The molecule has 1 saturated heterocycles. The smallest absolute Gasteiger partial charge is 0.189 e. The van der Waals surface area contributed by atoms with Crippen LogP contribution in [0.4, 0.5) is 0 Å². The molecule has 0 amide bonds. The number of ether oxygens (including phenoxy) is 1. The van der Waals surface area contributed by atoms with E-state index in [1.54, 1.807) is 11.3 Å². The molecule has 0 radical (unpaired) electrons. The number of aromatic nitrogens is 1. The average Bonchev–Trinajstić information content (AvgIpc) is 2.88. The van der Waals surface area contributed by atoms with Crippen molar-refractivity contribution in [3.63, 3.8) is 0 Å². The lowest BCUT2D eigenvalue weighted by Crippen LogP contribution is -2.39. The van der Waals surface area contributed by atoms with E-state index < -0.39 is 0 Å². The van der Waals surface area contributed by atoms with Crippen LogP contribution in [-0.2, 0) is 11.3 Å². The number of aliphatic imine (C=N–C) groups is 1. The van der Waals surface area contributed by atoms with Gasteiger partial charge in [0.15, 0.2) is 5.96 Å². The molecule has 8 heteroatoms. The maximum Gasteiger partial charge on any atom is 0.189 e. The second kappa shape index (κ2) is 10.3. The molecule has 120 valence electrons. The Hall–Kier alpha value is -0.450. The number of thiazole rings is 1. The van der Waals surface area contributed by atoms with Crippen LogP contribution in [0, 0.1) is 6.92 Å². The first kappa shape index (κ1) is 18.6. The third-order valence-electron chi connectivity index (χ3n) is 3.11. The van der Waals surface area contributed by atoms with Gasteiger partial charge in [-0.2, -0.15) is 0 Å². The molecule has 0 spiro atoms. The second-order valence-electron chi connectivity index (χ2n) is 4.82. The number of guanidine groups is 1. The van der Waals surface area contributed by atoms with E-state index in [1.807, 2.05) is 12.3 Å². The molecule has 6 nitrogen and oxygen atoms in total. The monoisotopic (exact) mass is 425 g/mol. The van der Waals surface area contributed by atoms with Crippen molar-refractivity contribution < 1.29 is 4.74 Å². The van der Waals surface area contributed by atoms with E-state index >= 15 is 0 Å². The topological polar surface area (TPSA) is 75.8 Å². The fraction of sp³-hybridized carbons (Fsp3) is 0.692. The van der Waals surface area contributed by atoms with Crippen molar-refractivity contribution in [1.29, 1.82) is 0 Å². The first-order valence-electron chi connectivity index (χ1n) is 6.99. The minimum Gasteiger partial charge on any atom is -0.379 e. The summed E-state index contributed by atoms with van der Waals surface area (Å²) in [6, 6.07) is 0. The molecule has 2 heterocycles. The summed E-state index contributed by atoms with van der Waals surface area (Å²) in [6.07, 6.45) is 1.06. The zero-order valence-electron chi connectivity index (χ0n) is 12.4. The molecule has 0 aliphatic carbocycles. The Labute approximate surface area is 147 Å². The highest BCUT2D eigenvalue weighted by Gasteiger charge is 2.08. The number of morpholine rings is 1. The molecule has 0 atom stereocenters. The quantitative estimate of drug-likeness (QED) is 0.310. The van der Waals surface area contributed by atoms with Gasteiger partial charge in [-0.05, 0) is 19.9 Å². The van der Waals surface area contributed by atoms with Crippen molar-refractivity contribution in [3.8, 4) is 0 Å². The van der Waals surface area contributed by atoms with Gasteiger partial charge in [0.1, 0.15) is 5.01 Å². The Kier molecular flexibility index (Phi) is 9.13. The first-order valence-corrected chi connectivity index (χ1v) is 7.87. The Balaban J connectivity index is 0.00000220. The maximum absolute atomic E-state index is 5.83. The van der Waals surface area contributed by atoms with E-state index in [1.165, 1.54) is 0 Å². The standard InChI is InChI=1S/C13H23N5OS.HI/c1-11-10-20-12(17-11)9-16-13(14)15-3-2-4-18-5-7-19-8-6-18;/h10H,2-9H2,1H3,(H3,14,15,16);1H. The zero-order chi connectivity index (χ0) is 14.2. The highest BCUT2D eigenvalue weighted by Crippen LogP contribution is 2.09. The zero-order valence-corrected chi connectivity index (χ0v) is 15.5. The van der Waals surface area contributed by atoms with Crippen molar-refractivity contribution in [2.75, 3.05) is 39.4 Å². The summed E-state index contributed by atoms with van der Waals surface area (Å²) in [7, 11) is 0. The lowest BCUT2D eigenvalue weighted by Gasteiger charge is -2.26. The molecule has 0 bridgehead atoms. The van der Waals surface area contributed by atoms with Crippen LogP contribution in [0.1, 0.15) is 17.1 Å². The number of nitrogens with one attached hydrogen (secondary N) is 1. The largest absolute Gasteiger partial charge is 0.379 e. The van der Waals surface area contributed by atoms with Gasteiger partial charge < -0.3 is 15.8 Å². The molecule has 2 rings (SSSR count). The summed E-state index contributed by atoms with van der Waals surface area (Å²) in [5.41, 5.74) is 6.87. The van der Waals surface area contributed by atoms with Crippen LogP contribution in [0.2, 0.25) is 0 Å². The summed E-state index contributed by atoms with van der Waals surface area (Å²) in [6.45, 7) is 8.24. The summed E-state index contributed by atoms with van der Waals surface area (Å²) in [4.78, 5) is 11.1. The summed E-state index contributed by atoms with van der Waals surface area (Å²) in [5, 5.41) is 6.17. The van der Waals surface area contributed by atoms with Crippen molar-refractivity contribution in [1.82, 2.24) is 15.2 Å². The van der Waals surface area contributed by atoms with Gasteiger partial charge in [-0.1, -0.05) is 0 Å². The van der Waals surface area contributed by atoms with Gasteiger partial charge in [-0.15, -0.1) is 35.3 Å². The summed E-state index contributed by atoms with van der Waals surface area (Å²) < 4.78 is 5.32. The van der Waals surface area contributed by atoms with Crippen molar-refractivity contribution >= 4 is 41.3 Å². The summed E-state index contributed by atoms with van der Waals surface area (Å²) in [5.74, 6) is 0.500. The van der Waals surface area contributed by atoms with Crippen LogP contribution < -0.4 is 11.1 Å². The van der Waals surface area contributed by atoms with Crippen LogP contribution in [-0.4, -0.2) is 55.2 Å². The van der Waals surface area contributed by atoms with E-state index in [0.29, 0.717) is 12.5 Å². The van der Waals surface area contributed by atoms with Crippen LogP contribution in [0.25, 0.3) is 0 Å². The molecular weight excluding hydrogens is 401 g/mol. The Morgan fingerprint density at radius 2 is 2.29 bits per heavy atom. The van der Waals surface area contributed by atoms with Gasteiger partial charge in [0.25, 0.3) is 0 Å². The fourth-order valence-electron chi connectivity index (χ4n) is 2.03. The van der Waals surface area contributed by atoms with Crippen LogP contribution in [0.5, 0.6) is 0 Å². The van der Waals surface area contributed by atoms with E-state index in [9.17, 15) is 0 Å². The molecule has 0 saturated carbocycles. The van der Waals surface area contributed by atoms with E-state index in [2.05, 4.69) is 20.2 Å². The minimum absolute atomic E-state index is 0. The fourth-order valence-corrected chi connectivity index (χ4v) is 2.72. The average molecular weight is 425 g/mol. The third-order valence-corrected chi connectivity index (χ3v) is 4.06. The molecule has 1 aliphatic heterocycles. The van der Waals surface area contributed by atoms with Gasteiger partial charge in [0.2, 0.25) is 0 Å². The highest BCUT2D eigenvalue weighted by atomic mass is 127. The normalized spacial score (nSPS) is 16.5. The predicted molar refractivity (Wildman–Crippen MR) is 97.5 cm³/mol. The van der Waals surface area contributed by atoms with Gasteiger partial charge in [-0.3, -0.25) is 4.90 Å².